The lowest BCUT2D eigenvalue weighted by Crippen LogP contribution is -2.45. The Hall–Kier alpha value is -1.62. The minimum absolute atomic E-state index is 0.163. The van der Waals surface area contributed by atoms with Crippen molar-refractivity contribution in [2.75, 3.05) is 26.2 Å². The monoisotopic (exact) mass is 317 g/mol. The second-order valence-corrected chi connectivity index (χ2v) is 6.76. The molecule has 0 aromatic carbocycles. The normalized spacial score (nSPS) is 26.0. The van der Waals surface area contributed by atoms with Crippen molar-refractivity contribution in [2.24, 2.45) is 5.41 Å². The molecule has 0 saturated carbocycles. The molecule has 2 bridgehead atoms. The molecule has 2 saturated heterocycles. The Morgan fingerprint density at radius 1 is 1.43 bits per heavy atom. The maximum Gasteiger partial charge on any atom is 0.227 e. The molecule has 2 fully saturated rings. The molecule has 1 N–H and O–H groups in total. The van der Waals surface area contributed by atoms with Gasteiger partial charge in [-0.05, 0) is 44.8 Å². The van der Waals surface area contributed by atoms with Gasteiger partial charge < -0.3 is 15.0 Å². The molecule has 3 rings (SSSR count). The Morgan fingerprint density at radius 3 is 3.22 bits per heavy atom. The van der Waals surface area contributed by atoms with Gasteiger partial charge in [-0.25, -0.2) is 4.98 Å². The lowest BCUT2D eigenvalue weighted by Gasteiger charge is -2.32. The molecule has 0 aliphatic carbocycles. The smallest absolute Gasteiger partial charge is 0.227 e. The summed E-state index contributed by atoms with van der Waals surface area (Å²) in [6, 6.07) is 3.87. The number of carbonyl (C=O) groups excluding carboxylic acids is 1. The quantitative estimate of drug-likeness (QED) is 0.785. The van der Waals surface area contributed by atoms with Gasteiger partial charge >= 0.3 is 0 Å². The van der Waals surface area contributed by atoms with Crippen LogP contribution in [-0.4, -0.2) is 42.0 Å². The van der Waals surface area contributed by atoms with Crippen LogP contribution in [0.4, 0.5) is 0 Å². The van der Waals surface area contributed by atoms with Gasteiger partial charge in [-0.2, -0.15) is 0 Å². The molecule has 1 amide bonds. The molecule has 2 aliphatic heterocycles. The van der Waals surface area contributed by atoms with Crippen LogP contribution in [-0.2, 0) is 11.3 Å². The van der Waals surface area contributed by atoms with Gasteiger partial charge in [-0.1, -0.05) is 19.4 Å². The van der Waals surface area contributed by atoms with E-state index in [1.54, 1.807) is 6.20 Å². The number of nitrogens with one attached hydrogen (secondary N) is 1. The van der Waals surface area contributed by atoms with E-state index in [-0.39, 0.29) is 11.3 Å². The van der Waals surface area contributed by atoms with Gasteiger partial charge in [-0.3, -0.25) is 4.79 Å². The Labute approximate surface area is 138 Å². The van der Waals surface area contributed by atoms with Crippen molar-refractivity contribution >= 4 is 5.91 Å². The number of amides is 1. The number of unbranched alkanes of at least 4 members (excludes halogenated alkanes) is 1. The van der Waals surface area contributed by atoms with Crippen LogP contribution in [0.25, 0.3) is 0 Å². The van der Waals surface area contributed by atoms with E-state index in [1.807, 2.05) is 12.1 Å². The number of ether oxygens (including phenoxy) is 1. The highest BCUT2D eigenvalue weighted by Gasteiger charge is 2.46. The SMILES string of the molecule is CCCCOc1ncccc1CNC(=O)C12CCCN(CC1)C2. The summed E-state index contributed by atoms with van der Waals surface area (Å²) in [7, 11) is 0. The van der Waals surface area contributed by atoms with E-state index in [0.717, 1.165) is 57.3 Å². The first-order valence-corrected chi connectivity index (χ1v) is 8.81. The van der Waals surface area contributed by atoms with Crippen LogP contribution < -0.4 is 10.1 Å². The second kappa shape index (κ2) is 7.30. The summed E-state index contributed by atoms with van der Waals surface area (Å²) in [6.07, 6.45) is 6.99. The van der Waals surface area contributed by atoms with E-state index in [2.05, 4.69) is 22.1 Å². The third-order valence-corrected chi connectivity index (χ3v) is 5.07. The van der Waals surface area contributed by atoms with E-state index in [9.17, 15) is 4.79 Å². The van der Waals surface area contributed by atoms with Crippen LogP contribution in [0.5, 0.6) is 5.88 Å². The minimum atomic E-state index is -0.163. The molecule has 1 aromatic heterocycles. The third kappa shape index (κ3) is 3.66. The predicted octanol–water partition coefficient (Wildman–Crippen LogP) is 2.36. The van der Waals surface area contributed by atoms with Crippen molar-refractivity contribution in [1.29, 1.82) is 0 Å². The first kappa shape index (κ1) is 16.2. The highest BCUT2D eigenvalue weighted by molar-refractivity contribution is 5.83. The number of nitrogens with zero attached hydrogens (tertiary/aromatic N) is 2. The summed E-state index contributed by atoms with van der Waals surface area (Å²) in [5.74, 6) is 0.846. The molecule has 3 heterocycles. The van der Waals surface area contributed by atoms with E-state index in [1.165, 1.54) is 0 Å². The molecule has 0 radical (unpaired) electrons. The minimum Gasteiger partial charge on any atom is -0.477 e. The topological polar surface area (TPSA) is 54.5 Å². The third-order valence-electron chi connectivity index (χ3n) is 5.07. The Bertz CT molecular complexity index is 545. The first-order chi connectivity index (χ1) is 11.2. The molecule has 23 heavy (non-hydrogen) atoms. The zero-order valence-electron chi connectivity index (χ0n) is 14.0. The Kier molecular flexibility index (Phi) is 5.16. The molecule has 2 unspecified atom stereocenters. The molecule has 0 spiro atoms. The molecular weight excluding hydrogens is 290 g/mol. The van der Waals surface area contributed by atoms with Gasteiger partial charge in [0.15, 0.2) is 0 Å². The molecule has 2 aliphatic rings. The van der Waals surface area contributed by atoms with Crippen LogP contribution in [0, 0.1) is 5.41 Å². The molecule has 5 nitrogen and oxygen atoms in total. The number of pyridine rings is 1. The Morgan fingerprint density at radius 2 is 2.35 bits per heavy atom. The fraction of sp³-hybridized carbons (Fsp3) is 0.667. The largest absolute Gasteiger partial charge is 0.477 e. The van der Waals surface area contributed by atoms with Crippen LogP contribution >= 0.6 is 0 Å². The number of piperidine rings is 1. The van der Waals surface area contributed by atoms with Crippen LogP contribution in [0.2, 0.25) is 0 Å². The van der Waals surface area contributed by atoms with Gasteiger partial charge in [0.1, 0.15) is 0 Å². The zero-order chi connectivity index (χ0) is 16.1. The van der Waals surface area contributed by atoms with Gasteiger partial charge in [0, 0.05) is 24.8 Å². The molecule has 1 aromatic rings. The number of carbonyl (C=O) groups is 1. The number of aromatic nitrogens is 1. The van der Waals surface area contributed by atoms with Crippen molar-refractivity contribution in [1.82, 2.24) is 15.2 Å². The van der Waals surface area contributed by atoms with Gasteiger partial charge in [-0.15, -0.1) is 0 Å². The van der Waals surface area contributed by atoms with Gasteiger partial charge in [0.25, 0.3) is 0 Å². The highest BCUT2D eigenvalue weighted by Crippen LogP contribution is 2.39. The molecule has 126 valence electrons. The first-order valence-electron chi connectivity index (χ1n) is 8.81. The molecular formula is C18H27N3O2. The van der Waals surface area contributed by atoms with Gasteiger partial charge in [0.05, 0.1) is 12.0 Å². The zero-order valence-corrected chi connectivity index (χ0v) is 14.0. The number of hydrogen-bond acceptors (Lipinski definition) is 4. The lowest BCUT2D eigenvalue weighted by atomic mass is 9.80. The van der Waals surface area contributed by atoms with Crippen molar-refractivity contribution < 1.29 is 9.53 Å². The summed E-state index contributed by atoms with van der Waals surface area (Å²) in [5.41, 5.74) is 0.794. The second-order valence-electron chi connectivity index (χ2n) is 6.76. The van der Waals surface area contributed by atoms with Gasteiger partial charge in [0.2, 0.25) is 11.8 Å². The Balaban J connectivity index is 1.59. The number of hydrogen-bond donors (Lipinski definition) is 1. The van der Waals surface area contributed by atoms with Crippen LogP contribution in [0.15, 0.2) is 18.3 Å². The van der Waals surface area contributed by atoms with Crippen molar-refractivity contribution in [3.8, 4) is 5.88 Å². The van der Waals surface area contributed by atoms with E-state index in [4.69, 9.17) is 4.74 Å². The maximum absolute atomic E-state index is 12.7. The summed E-state index contributed by atoms with van der Waals surface area (Å²) in [5, 5.41) is 3.13. The highest BCUT2D eigenvalue weighted by atomic mass is 16.5. The van der Waals surface area contributed by atoms with Crippen molar-refractivity contribution in [3.63, 3.8) is 0 Å². The van der Waals surface area contributed by atoms with E-state index >= 15 is 0 Å². The average molecular weight is 317 g/mol. The lowest BCUT2D eigenvalue weighted by molar-refractivity contribution is -0.131. The van der Waals surface area contributed by atoms with Crippen LogP contribution in [0.3, 0.4) is 0 Å². The summed E-state index contributed by atoms with van der Waals surface area (Å²) >= 11 is 0. The fourth-order valence-corrected chi connectivity index (χ4v) is 3.66. The standard InChI is InChI=1S/C18H27N3O2/c1-2-3-12-23-16-15(6-4-9-19-16)13-20-17(22)18-7-5-10-21(14-18)11-8-18/h4,6,9H,2-3,5,7-8,10-14H2,1H3,(H,20,22). The van der Waals surface area contributed by atoms with Crippen LogP contribution in [0.1, 0.15) is 44.6 Å². The maximum atomic E-state index is 12.7. The van der Waals surface area contributed by atoms with Crippen molar-refractivity contribution in [2.45, 2.75) is 45.6 Å². The summed E-state index contributed by atoms with van der Waals surface area (Å²) in [6.45, 7) is 6.44. The predicted molar refractivity (Wildman–Crippen MR) is 89.2 cm³/mol. The number of rotatable bonds is 7. The van der Waals surface area contributed by atoms with E-state index < -0.39 is 0 Å². The average Bonchev–Trinajstić information content (AvgIpc) is 2.89. The molecule has 2 atom stereocenters. The summed E-state index contributed by atoms with van der Waals surface area (Å²) in [4.78, 5) is 19.4. The van der Waals surface area contributed by atoms with E-state index in [0.29, 0.717) is 19.0 Å². The molecule has 5 heteroatoms. The fourth-order valence-electron chi connectivity index (χ4n) is 3.66. The summed E-state index contributed by atoms with van der Waals surface area (Å²) < 4.78 is 5.74. The number of fused-ring (bicyclic) bond motifs is 2. The van der Waals surface area contributed by atoms with Crippen molar-refractivity contribution in [3.05, 3.63) is 23.9 Å².